The average molecular weight is 812 g/mol. The van der Waals surface area contributed by atoms with Gasteiger partial charge in [0.25, 0.3) is 0 Å². The van der Waals surface area contributed by atoms with E-state index in [1.54, 1.807) is 0 Å². The highest BCUT2D eigenvalue weighted by Gasteiger charge is 2.42. The zero-order chi connectivity index (χ0) is 39.6. The van der Waals surface area contributed by atoms with Crippen molar-refractivity contribution in [2.75, 3.05) is 25.5 Å². The lowest BCUT2D eigenvalue weighted by Gasteiger charge is -2.33. The lowest BCUT2D eigenvalue weighted by molar-refractivity contribution is -0.111. The predicted molar refractivity (Wildman–Crippen MR) is 245 cm³/mol. The minimum atomic E-state index is -2.81. The Labute approximate surface area is 350 Å². The molecule has 0 aliphatic carbocycles. The lowest BCUT2D eigenvalue weighted by atomic mass is 9.97. The molecule has 5 nitrogen and oxygen atoms in total. The fourth-order valence-corrected chi connectivity index (χ4v) is 11.5. The van der Waals surface area contributed by atoms with Crippen molar-refractivity contribution < 1.29 is 18.2 Å². The molecule has 1 fully saturated rings. The second-order valence-corrected chi connectivity index (χ2v) is 21.1. The third-order valence-electron chi connectivity index (χ3n) is 11.9. The zero-order valence-electron chi connectivity index (χ0n) is 37.5. The van der Waals surface area contributed by atoms with E-state index in [1.807, 2.05) is 0 Å². The minimum absolute atomic E-state index is 0.321. The molecule has 0 amide bonds. The van der Waals surface area contributed by atoms with Crippen LogP contribution in [0.4, 0.5) is 0 Å². The minimum Gasteiger partial charge on any atom is -0.373 e. The first-order valence-electron chi connectivity index (χ1n) is 25.0. The first kappa shape index (κ1) is 53.1. The number of hydroxylamine groups is 1. The fourth-order valence-electron chi connectivity index (χ4n) is 8.02. The van der Waals surface area contributed by atoms with Crippen LogP contribution >= 0.6 is 11.8 Å². The summed E-state index contributed by atoms with van der Waals surface area (Å²) < 4.78 is 19.5. The Hall–Kier alpha value is 0.0769. The highest BCUT2D eigenvalue weighted by molar-refractivity contribution is 8.13. The molecule has 1 saturated heterocycles. The molecule has 0 bridgehead atoms. The number of thioether (sulfide) groups is 1. The van der Waals surface area contributed by atoms with Gasteiger partial charge in [-0.3, -0.25) is 9.32 Å². The van der Waals surface area contributed by atoms with E-state index in [4.69, 9.17) is 13.4 Å². The van der Waals surface area contributed by atoms with Gasteiger partial charge in [0, 0.05) is 38.0 Å². The summed E-state index contributed by atoms with van der Waals surface area (Å²) in [5, 5.41) is 0.321. The van der Waals surface area contributed by atoms with Gasteiger partial charge < -0.3 is 8.85 Å². The van der Waals surface area contributed by atoms with Crippen LogP contribution in [0.5, 0.6) is 0 Å². The van der Waals surface area contributed by atoms with E-state index in [1.165, 1.54) is 217 Å². The van der Waals surface area contributed by atoms with Gasteiger partial charge >= 0.3 is 8.80 Å². The molecule has 1 heterocycles. The third-order valence-corrected chi connectivity index (χ3v) is 15.6. The van der Waals surface area contributed by atoms with E-state index in [0.29, 0.717) is 17.5 Å². The largest absolute Gasteiger partial charge is 0.517 e. The van der Waals surface area contributed by atoms with Crippen molar-refractivity contribution in [2.24, 2.45) is 5.92 Å². The van der Waals surface area contributed by atoms with Gasteiger partial charge in [-0.05, 0) is 38.0 Å². The molecule has 0 aromatic heterocycles. The van der Waals surface area contributed by atoms with E-state index < -0.39 is 8.80 Å². The monoisotopic (exact) mass is 812 g/mol. The second-order valence-electron chi connectivity index (χ2n) is 17.3. The van der Waals surface area contributed by atoms with E-state index in [9.17, 15) is 4.79 Å². The maximum Gasteiger partial charge on any atom is 0.517 e. The van der Waals surface area contributed by atoms with Crippen LogP contribution in [0.15, 0.2) is 0 Å². The summed E-state index contributed by atoms with van der Waals surface area (Å²) in [6.07, 6.45) is 50.6. The molecule has 0 radical (unpaired) electrons. The molecular formula is C48H97NO4SSi. The molecule has 0 saturated carbocycles. The maximum atomic E-state index is 12.2. The SMILES string of the molecule is CCCCCCCCCCCCCCCCCCO[Si]1(CCCSC(=O)CCCC)OCCC(CCCCCCCCCCCCCCCCCC)CNO1. The number of rotatable bonds is 42. The van der Waals surface area contributed by atoms with Gasteiger partial charge in [-0.25, -0.2) is 5.48 Å². The summed E-state index contributed by atoms with van der Waals surface area (Å²) in [5.41, 5.74) is 3.36. The summed E-state index contributed by atoms with van der Waals surface area (Å²) in [6.45, 7) is 9.09. The van der Waals surface area contributed by atoms with Crippen molar-refractivity contribution in [2.45, 2.75) is 271 Å². The third kappa shape index (κ3) is 35.7. The Bertz CT molecular complexity index is 779. The van der Waals surface area contributed by atoms with E-state index in [-0.39, 0.29) is 0 Å². The number of hydrogen-bond acceptors (Lipinski definition) is 6. The highest BCUT2D eigenvalue weighted by atomic mass is 32.2. The number of unbranched alkanes of at least 4 members (excludes halogenated alkanes) is 31. The molecule has 1 rings (SSSR count). The molecule has 1 aliphatic heterocycles. The van der Waals surface area contributed by atoms with Crippen molar-refractivity contribution in [3.63, 3.8) is 0 Å². The fraction of sp³-hybridized carbons (Fsp3) is 0.979. The molecule has 0 spiro atoms. The van der Waals surface area contributed by atoms with Crippen LogP contribution in [-0.2, 0) is 18.2 Å². The van der Waals surface area contributed by atoms with Gasteiger partial charge in [0.15, 0.2) is 5.12 Å². The molecule has 2 unspecified atom stereocenters. The first-order chi connectivity index (χ1) is 27.2. The second kappa shape index (κ2) is 42.2. The van der Waals surface area contributed by atoms with Crippen LogP contribution in [-0.4, -0.2) is 39.4 Å². The Morgan fingerprint density at radius 1 is 0.564 bits per heavy atom. The summed E-state index contributed by atoms with van der Waals surface area (Å²) in [7, 11) is -2.81. The van der Waals surface area contributed by atoms with Gasteiger partial charge in [-0.15, -0.1) is 0 Å². The molecule has 0 aromatic rings. The maximum absolute atomic E-state index is 12.2. The number of carbonyl (C=O) groups is 1. The van der Waals surface area contributed by atoms with Crippen molar-refractivity contribution >= 4 is 25.7 Å². The van der Waals surface area contributed by atoms with E-state index >= 15 is 0 Å². The van der Waals surface area contributed by atoms with Crippen LogP contribution in [0, 0.1) is 5.92 Å². The van der Waals surface area contributed by atoms with Crippen LogP contribution in [0.3, 0.4) is 0 Å². The van der Waals surface area contributed by atoms with Crippen LogP contribution in [0.2, 0.25) is 6.04 Å². The van der Waals surface area contributed by atoms with Crippen molar-refractivity contribution in [3.05, 3.63) is 0 Å². The average Bonchev–Trinajstić information content (AvgIpc) is 3.18. The molecule has 1 aliphatic rings. The first-order valence-corrected chi connectivity index (χ1v) is 27.9. The van der Waals surface area contributed by atoms with Gasteiger partial charge in [-0.1, -0.05) is 238 Å². The lowest BCUT2D eigenvalue weighted by Crippen LogP contribution is -2.52. The molecule has 2 atom stereocenters. The van der Waals surface area contributed by atoms with Gasteiger partial charge in [0.1, 0.15) is 0 Å². The van der Waals surface area contributed by atoms with Crippen molar-refractivity contribution in [3.8, 4) is 0 Å². The summed E-state index contributed by atoms with van der Waals surface area (Å²) in [5.74, 6) is 1.43. The standard InChI is InChI=1S/C48H97NO4SSi/c1-4-7-10-12-14-16-18-20-22-24-26-28-30-32-34-36-39-47-41-43-52-55(53-49-46-47,45-38-44-54-48(50)40-9-6-3)51-42-37-35-33-31-29-27-25-23-21-19-17-15-13-11-8-5-2/h47,49H,4-46H2,1-3H3. The smallest absolute Gasteiger partial charge is 0.373 e. The predicted octanol–water partition coefficient (Wildman–Crippen LogP) is 16.3. The number of nitrogens with one attached hydrogen (secondary N) is 1. The topological polar surface area (TPSA) is 56.8 Å². The molecule has 0 aromatic carbocycles. The Balaban J connectivity index is 2.20. The quantitative estimate of drug-likeness (QED) is 0.0489. The van der Waals surface area contributed by atoms with Crippen LogP contribution < -0.4 is 5.48 Å². The Kier molecular flexibility index (Phi) is 40.7. The molecule has 55 heavy (non-hydrogen) atoms. The van der Waals surface area contributed by atoms with E-state index in [0.717, 1.165) is 63.7 Å². The van der Waals surface area contributed by atoms with Gasteiger partial charge in [0.05, 0.1) is 0 Å². The number of carbonyl (C=O) groups excluding carboxylic acids is 1. The van der Waals surface area contributed by atoms with Gasteiger partial charge in [-0.2, -0.15) is 0 Å². The Morgan fingerprint density at radius 2 is 0.982 bits per heavy atom. The van der Waals surface area contributed by atoms with Crippen LogP contribution in [0.25, 0.3) is 0 Å². The van der Waals surface area contributed by atoms with Crippen molar-refractivity contribution in [1.29, 1.82) is 0 Å². The van der Waals surface area contributed by atoms with Gasteiger partial charge in [0.2, 0.25) is 0 Å². The number of hydrogen-bond donors (Lipinski definition) is 1. The molecular weight excluding hydrogens is 715 g/mol. The molecule has 1 N–H and O–H groups in total. The Morgan fingerprint density at radius 3 is 1.44 bits per heavy atom. The zero-order valence-corrected chi connectivity index (χ0v) is 39.3. The highest BCUT2D eigenvalue weighted by Crippen LogP contribution is 2.25. The van der Waals surface area contributed by atoms with Crippen molar-refractivity contribution in [1.82, 2.24) is 5.48 Å². The molecule has 7 heteroatoms. The summed E-state index contributed by atoms with van der Waals surface area (Å²) in [4.78, 5) is 12.2. The van der Waals surface area contributed by atoms with E-state index in [2.05, 4.69) is 26.3 Å². The molecule has 328 valence electrons. The summed E-state index contributed by atoms with van der Waals surface area (Å²) in [6, 6.07) is 0.788. The summed E-state index contributed by atoms with van der Waals surface area (Å²) >= 11 is 1.48. The van der Waals surface area contributed by atoms with Crippen LogP contribution in [0.1, 0.15) is 265 Å². The normalized spacial score (nSPS) is 17.8.